The van der Waals surface area contributed by atoms with Crippen LogP contribution < -0.4 is 15.0 Å². The van der Waals surface area contributed by atoms with Crippen LogP contribution in [0.2, 0.25) is 0 Å². The maximum absolute atomic E-state index is 5.64. The van der Waals surface area contributed by atoms with Crippen LogP contribution in [0.1, 0.15) is 6.92 Å². The predicted molar refractivity (Wildman–Crippen MR) is 72.6 cm³/mol. The summed E-state index contributed by atoms with van der Waals surface area (Å²) < 4.78 is 11.1. The lowest BCUT2D eigenvalue weighted by molar-refractivity contribution is 0.185. The third kappa shape index (κ3) is 1.72. The summed E-state index contributed by atoms with van der Waals surface area (Å²) in [5, 5.41) is 3.53. The van der Waals surface area contributed by atoms with Gasteiger partial charge in [0.1, 0.15) is 11.4 Å². The highest BCUT2D eigenvalue weighted by Gasteiger charge is 2.36. The van der Waals surface area contributed by atoms with Crippen molar-refractivity contribution >= 4 is 11.4 Å². The summed E-state index contributed by atoms with van der Waals surface area (Å²) in [4.78, 5) is 2.44. The van der Waals surface area contributed by atoms with Gasteiger partial charge in [-0.15, -0.1) is 0 Å². The third-order valence-electron chi connectivity index (χ3n) is 3.98. The van der Waals surface area contributed by atoms with Crippen LogP contribution in [0.3, 0.4) is 0 Å². The molecule has 4 nitrogen and oxygen atoms in total. The molecule has 2 aliphatic heterocycles. The Labute approximate surface area is 108 Å². The van der Waals surface area contributed by atoms with Gasteiger partial charge in [0.15, 0.2) is 0 Å². The fraction of sp³-hybridized carbons (Fsp3) is 0.571. The Morgan fingerprint density at radius 1 is 1.44 bits per heavy atom. The number of likely N-dealkylation sites (N-methyl/N-ethyl adjacent to an activating group) is 1. The molecule has 98 valence electrons. The van der Waals surface area contributed by atoms with Crippen LogP contribution >= 0.6 is 0 Å². The van der Waals surface area contributed by atoms with Gasteiger partial charge < -0.3 is 19.7 Å². The standard InChI is InChI=1S/C14H20N2O2/c1-3-16-11-5-4-6-13(17-2)14(11)15-7-10-8-18-9-12(10)16/h4-6,10,12,15H,3,7-9H2,1-2H3. The van der Waals surface area contributed by atoms with Gasteiger partial charge in [0, 0.05) is 19.0 Å². The number of methoxy groups -OCH3 is 1. The highest BCUT2D eigenvalue weighted by Crippen LogP contribution is 2.40. The first-order chi connectivity index (χ1) is 8.85. The van der Waals surface area contributed by atoms with Crippen LogP contribution in [0.15, 0.2) is 18.2 Å². The van der Waals surface area contributed by atoms with Gasteiger partial charge in [0.2, 0.25) is 0 Å². The minimum Gasteiger partial charge on any atom is -0.495 e. The van der Waals surface area contributed by atoms with E-state index >= 15 is 0 Å². The summed E-state index contributed by atoms with van der Waals surface area (Å²) in [6.45, 7) is 5.83. The quantitative estimate of drug-likeness (QED) is 0.867. The highest BCUT2D eigenvalue weighted by atomic mass is 16.5. The minimum atomic E-state index is 0.482. The van der Waals surface area contributed by atoms with Gasteiger partial charge in [-0.2, -0.15) is 0 Å². The van der Waals surface area contributed by atoms with Crippen molar-refractivity contribution in [1.82, 2.24) is 0 Å². The van der Waals surface area contributed by atoms with Crippen molar-refractivity contribution in [3.8, 4) is 5.75 Å². The first-order valence-electron chi connectivity index (χ1n) is 6.60. The van der Waals surface area contributed by atoms with Crippen LogP contribution in [0.25, 0.3) is 0 Å². The van der Waals surface area contributed by atoms with E-state index < -0.39 is 0 Å². The Hall–Kier alpha value is -1.42. The van der Waals surface area contributed by atoms with Gasteiger partial charge in [-0.05, 0) is 19.1 Å². The van der Waals surface area contributed by atoms with E-state index in [0.29, 0.717) is 12.0 Å². The molecule has 4 heteroatoms. The summed E-state index contributed by atoms with van der Waals surface area (Å²) in [5.41, 5.74) is 2.35. The molecule has 2 atom stereocenters. The maximum Gasteiger partial charge on any atom is 0.144 e. The Balaban J connectivity index is 2.05. The molecular formula is C14H20N2O2. The molecule has 0 spiro atoms. The molecule has 0 bridgehead atoms. The van der Waals surface area contributed by atoms with E-state index in [1.54, 1.807) is 7.11 Å². The number of rotatable bonds is 2. The predicted octanol–water partition coefficient (Wildman–Crippen LogP) is 1.96. The number of benzene rings is 1. The molecule has 18 heavy (non-hydrogen) atoms. The Morgan fingerprint density at radius 3 is 3.11 bits per heavy atom. The van der Waals surface area contributed by atoms with Crippen LogP contribution in [0.5, 0.6) is 5.75 Å². The highest BCUT2D eigenvalue weighted by molar-refractivity contribution is 5.77. The molecule has 1 saturated heterocycles. The second kappa shape index (κ2) is 4.69. The Bertz CT molecular complexity index is 436. The van der Waals surface area contributed by atoms with E-state index in [4.69, 9.17) is 9.47 Å². The van der Waals surface area contributed by atoms with Gasteiger partial charge >= 0.3 is 0 Å². The summed E-state index contributed by atoms with van der Waals surface area (Å²) in [6.07, 6.45) is 0. The summed E-state index contributed by atoms with van der Waals surface area (Å²) in [6, 6.07) is 6.71. The lowest BCUT2D eigenvalue weighted by Crippen LogP contribution is -2.40. The Morgan fingerprint density at radius 2 is 2.33 bits per heavy atom. The molecule has 0 aliphatic carbocycles. The molecule has 1 aromatic rings. The average Bonchev–Trinajstić information content (AvgIpc) is 2.80. The monoisotopic (exact) mass is 248 g/mol. The first kappa shape index (κ1) is 11.7. The normalized spacial score (nSPS) is 26.0. The second-order valence-electron chi connectivity index (χ2n) is 4.89. The number of anilines is 2. The zero-order valence-electron chi connectivity index (χ0n) is 11.0. The van der Waals surface area contributed by atoms with E-state index in [1.807, 2.05) is 6.07 Å². The summed E-state index contributed by atoms with van der Waals surface area (Å²) in [5.74, 6) is 1.48. The SMILES string of the molecule is CCN1c2cccc(OC)c2NCC2COCC21. The fourth-order valence-electron chi connectivity index (χ4n) is 3.05. The molecule has 3 rings (SSSR count). The van der Waals surface area contributed by atoms with E-state index in [0.717, 1.165) is 37.7 Å². The lowest BCUT2D eigenvalue weighted by Gasteiger charge is -2.31. The summed E-state index contributed by atoms with van der Waals surface area (Å²) in [7, 11) is 1.72. The van der Waals surface area contributed by atoms with Crippen LogP contribution in [0, 0.1) is 5.92 Å². The molecule has 0 saturated carbocycles. The molecule has 2 heterocycles. The average molecular weight is 248 g/mol. The first-order valence-corrected chi connectivity index (χ1v) is 6.60. The van der Waals surface area contributed by atoms with E-state index in [-0.39, 0.29) is 0 Å². The molecule has 1 N–H and O–H groups in total. The topological polar surface area (TPSA) is 33.7 Å². The molecule has 2 unspecified atom stereocenters. The van der Waals surface area contributed by atoms with E-state index in [9.17, 15) is 0 Å². The molecule has 1 fully saturated rings. The van der Waals surface area contributed by atoms with Crippen LogP contribution in [-0.4, -0.2) is 39.5 Å². The smallest absolute Gasteiger partial charge is 0.144 e. The van der Waals surface area contributed by atoms with Crippen molar-refractivity contribution in [2.24, 2.45) is 5.92 Å². The van der Waals surface area contributed by atoms with Crippen molar-refractivity contribution in [2.45, 2.75) is 13.0 Å². The molecule has 2 aliphatic rings. The molecule has 0 aromatic heterocycles. The maximum atomic E-state index is 5.64. The zero-order chi connectivity index (χ0) is 12.5. The number of hydrogen-bond donors (Lipinski definition) is 1. The zero-order valence-corrected chi connectivity index (χ0v) is 11.0. The van der Waals surface area contributed by atoms with Crippen molar-refractivity contribution in [1.29, 1.82) is 0 Å². The molecular weight excluding hydrogens is 228 g/mol. The van der Waals surface area contributed by atoms with Crippen molar-refractivity contribution in [3.05, 3.63) is 18.2 Å². The third-order valence-corrected chi connectivity index (χ3v) is 3.98. The van der Waals surface area contributed by atoms with Gasteiger partial charge in [-0.25, -0.2) is 0 Å². The Kier molecular flexibility index (Phi) is 3.04. The number of hydrogen-bond acceptors (Lipinski definition) is 4. The van der Waals surface area contributed by atoms with Crippen LogP contribution in [0.4, 0.5) is 11.4 Å². The molecule has 1 aromatic carbocycles. The molecule has 0 radical (unpaired) electrons. The van der Waals surface area contributed by atoms with Crippen molar-refractivity contribution in [3.63, 3.8) is 0 Å². The van der Waals surface area contributed by atoms with Gasteiger partial charge in [0.05, 0.1) is 32.1 Å². The van der Waals surface area contributed by atoms with Crippen molar-refractivity contribution in [2.75, 3.05) is 43.6 Å². The van der Waals surface area contributed by atoms with Crippen LogP contribution in [-0.2, 0) is 4.74 Å². The van der Waals surface area contributed by atoms with E-state index in [1.165, 1.54) is 5.69 Å². The number of ether oxygens (including phenoxy) is 2. The van der Waals surface area contributed by atoms with Gasteiger partial charge in [0.25, 0.3) is 0 Å². The van der Waals surface area contributed by atoms with Gasteiger partial charge in [-0.3, -0.25) is 0 Å². The fourth-order valence-corrected chi connectivity index (χ4v) is 3.05. The minimum absolute atomic E-state index is 0.482. The summed E-state index contributed by atoms with van der Waals surface area (Å²) >= 11 is 0. The second-order valence-corrected chi connectivity index (χ2v) is 4.89. The number of fused-ring (bicyclic) bond motifs is 2. The van der Waals surface area contributed by atoms with E-state index in [2.05, 4.69) is 29.3 Å². The number of nitrogens with zero attached hydrogens (tertiary/aromatic N) is 1. The largest absolute Gasteiger partial charge is 0.495 e. The number of nitrogens with one attached hydrogen (secondary N) is 1. The number of para-hydroxylation sites is 1. The molecule has 0 amide bonds. The van der Waals surface area contributed by atoms with Gasteiger partial charge in [-0.1, -0.05) is 6.07 Å². The van der Waals surface area contributed by atoms with Crippen molar-refractivity contribution < 1.29 is 9.47 Å². The lowest BCUT2D eigenvalue weighted by atomic mass is 10.0.